The van der Waals surface area contributed by atoms with Crippen LogP contribution in [-0.4, -0.2) is 32.0 Å². The largest absolute Gasteiger partial charge is 0.463 e. The summed E-state index contributed by atoms with van der Waals surface area (Å²) in [6.45, 7) is 3.55. The third-order valence-corrected chi connectivity index (χ3v) is 5.80. The van der Waals surface area contributed by atoms with E-state index in [4.69, 9.17) is 4.42 Å². The Morgan fingerprint density at radius 3 is 2.53 bits per heavy atom. The second-order valence-electron chi connectivity index (χ2n) is 7.52. The summed E-state index contributed by atoms with van der Waals surface area (Å²) in [5.41, 5.74) is -0.781. The first-order valence-corrected chi connectivity index (χ1v) is 10.8. The zero-order valence-electron chi connectivity index (χ0n) is 17.5. The number of hydrogen-bond donors (Lipinski definition) is 1. The molecule has 4 rings (SSSR count). The molecular formula is C22H21N5O4S. The summed E-state index contributed by atoms with van der Waals surface area (Å²) in [7, 11) is 0. The molecule has 0 radical (unpaired) electrons. The van der Waals surface area contributed by atoms with Gasteiger partial charge in [0.25, 0.3) is 11.1 Å². The minimum atomic E-state index is -1.24. The van der Waals surface area contributed by atoms with E-state index in [0.29, 0.717) is 17.1 Å². The van der Waals surface area contributed by atoms with E-state index in [1.165, 1.54) is 39.1 Å². The van der Waals surface area contributed by atoms with Crippen LogP contribution in [0.5, 0.6) is 0 Å². The SMILES string of the molecule is CC(C)(C(=O)NCCn1nc(-c2ccco2)ccc1=O)n1nc(-c2cccs2)ccc1=O. The first-order chi connectivity index (χ1) is 15.4. The summed E-state index contributed by atoms with van der Waals surface area (Å²) < 4.78 is 7.75. The van der Waals surface area contributed by atoms with Crippen molar-refractivity contribution in [3.8, 4) is 22.0 Å². The molecule has 10 heteroatoms. The number of thiophene rings is 1. The smallest absolute Gasteiger partial charge is 0.267 e. The molecule has 0 aliphatic rings. The molecule has 0 saturated heterocycles. The molecule has 4 aromatic heterocycles. The van der Waals surface area contributed by atoms with Crippen molar-refractivity contribution in [3.63, 3.8) is 0 Å². The van der Waals surface area contributed by atoms with Gasteiger partial charge in [-0.05, 0) is 49.6 Å². The lowest BCUT2D eigenvalue weighted by atomic mass is 10.0. The highest BCUT2D eigenvalue weighted by molar-refractivity contribution is 7.13. The molecule has 0 atom stereocenters. The number of carbonyl (C=O) groups is 1. The Balaban J connectivity index is 1.48. The van der Waals surface area contributed by atoms with Crippen molar-refractivity contribution in [2.75, 3.05) is 6.54 Å². The van der Waals surface area contributed by atoms with Gasteiger partial charge in [-0.2, -0.15) is 10.2 Å². The fourth-order valence-corrected chi connectivity index (χ4v) is 3.81. The maximum atomic E-state index is 12.9. The minimum absolute atomic E-state index is 0.149. The Morgan fingerprint density at radius 1 is 1.03 bits per heavy atom. The van der Waals surface area contributed by atoms with Crippen molar-refractivity contribution in [1.82, 2.24) is 24.9 Å². The van der Waals surface area contributed by atoms with Crippen LogP contribution in [0.4, 0.5) is 0 Å². The second kappa shape index (κ2) is 8.75. The molecule has 0 saturated carbocycles. The molecule has 1 amide bonds. The number of rotatable bonds is 7. The van der Waals surface area contributed by atoms with Gasteiger partial charge >= 0.3 is 0 Å². The van der Waals surface area contributed by atoms with Crippen LogP contribution in [0.1, 0.15) is 13.8 Å². The predicted octanol–water partition coefficient (Wildman–Crippen LogP) is 2.34. The van der Waals surface area contributed by atoms with Gasteiger partial charge in [-0.25, -0.2) is 9.36 Å². The van der Waals surface area contributed by atoms with Crippen molar-refractivity contribution >= 4 is 17.2 Å². The summed E-state index contributed by atoms with van der Waals surface area (Å²) in [5, 5.41) is 13.4. The van der Waals surface area contributed by atoms with E-state index >= 15 is 0 Å². The average molecular weight is 452 g/mol. The van der Waals surface area contributed by atoms with Gasteiger partial charge in [0.05, 0.1) is 17.7 Å². The van der Waals surface area contributed by atoms with E-state index < -0.39 is 11.4 Å². The van der Waals surface area contributed by atoms with Gasteiger partial charge in [-0.15, -0.1) is 11.3 Å². The standard InChI is InChI=1S/C22H21N5O4S/c1-22(2,27-20(29)10-8-16(25-27)18-6-4-14-32-18)21(30)23-11-12-26-19(28)9-7-15(24-26)17-5-3-13-31-17/h3-10,13-14H,11-12H2,1-2H3,(H,23,30). The monoisotopic (exact) mass is 451 g/mol. The molecule has 1 N–H and O–H groups in total. The lowest BCUT2D eigenvalue weighted by Crippen LogP contribution is -2.50. The van der Waals surface area contributed by atoms with Crippen molar-refractivity contribution in [2.45, 2.75) is 25.9 Å². The number of amides is 1. The summed E-state index contributed by atoms with van der Waals surface area (Å²) in [5.74, 6) is 0.144. The van der Waals surface area contributed by atoms with Crippen molar-refractivity contribution in [1.29, 1.82) is 0 Å². The molecule has 4 aromatic rings. The highest BCUT2D eigenvalue weighted by Crippen LogP contribution is 2.22. The van der Waals surface area contributed by atoms with E-state index in [9.17, 15) is 14.4 Å². The highest BCUT2D eigenvalue weighted by atomic mass is 32.1. The molecule has 0 fully saturated rings. The van der Waals surface area contributed by atoms with Crippen LogP contribution in [0.25, 0.3) is 22.0 Å². The summed E-state index contributed by atoms with van der Waals surface area (Å²) in [4.78, 5) is 38.4. The number of nitrogens with one attached hydrogen (secondary N) is 1. The molecule has 0 spiro atoms. The molecule has 0 bridgehead atoms. The Morgan fingerprint density at radius 2 is 1.81 bits per heavy atom. The lowest BCUT2D eigenvalue weighted by molar-refractivity contribution is -0.129. The molecule has 4 heterocycles. The number of hydrogen-bond acceptors (Lipinski definition) is 7. The van der Waals surface area contributed by atoms with Gasteiger partial charge < -0.3 is 9.73 Å². The van der Waals surface area contributed by atoms with Crippen LogP contribution >= 0.6 is 11.3 Å². The predicted molar refractivity (Wildman–Crippen MR) is 120 cm³/mol. The third-order valence-electron chi connectivity index (χ3n) is 4.91. The van der Waals surface area contributed by atoms with E-state index in [1.807, 2.05) is 17.5 Å². The first-order valence-electron chi connectivity index (χ1n) is 9.91. The number of furan rings is 1. The van der Waals surface area contributed by atoms with Crippen LogP contribution in [-0.2, 0) is 16.9 Å². The van der Waals surface area contributed by atoms with Crippen LogP contribution in [0, 0.1) is 0 Å². The normalized spacial score (nSPS) is 11.4. The van der Waals surface area contributed by atoms with Crippen LogP contribution in [0.2, 0.25) is 0 Å². The van der Waals surface area contributed by atoms with E-state index in [2.05, 4.69) is 15.5 Å². The van der Waals surface area contributed by atoms with Crippen LogP contribution < -0.4 is 16.4 Å². The Labute approximate surface area is 186 Å². The second-order valence-corrected chi connectivity index (χ2v) is 8.47. The van der Waals surface area contributed by atoms with Gasteiger partial charge in [-0.3, -0.25) is 14.4 Å². The summed E-state index contributed by atoms with van der Waals surface area (Å²) in [6, 6.07) is 13.3. The molecule has 164 valence electrons. The quantitative estimate of drug-likeness (QED) is 0.462. The molecule has 0 aliphatic heterocycles. The van der Waals surface area contributed by atoms with E-state index in [0.717, 1.165) is 4.88 Å². The van der Waals surface area contributed by atoms with Crippen LogP contribution in [0.15, 0.2) is 74.2 Å². The zero-order chi connectivity index (χ0) is 22.7. The number of nitrogens with zero attached hydrogens (tertiary/aromatic N) is 4. The van der Waals surface area contributed by atoms with Gasteiger partial charge in [0.15, 0.2) is 5.76 Å². The first kappa shape index (κ1) is 21.4. The molecule has 0 aromatic carbocycles. The fraction of sp³-hybridized carbons (Fsp3) is 0.227. The van der Waals surface area contributed by atoms with Crippen molar-refractivity contribution in [2.24, 2.45) is 0 Å². The zero-order valence-corrected chi connectivity index (χ0v) is 18.3. The van der Waals surface area contributed by atoms with Crippen molar-refractivity contribution < 1.29 is 9.21 Å². The lowest BCUT2D eigenvalue weighted by Gasteiger charge is -2.25. The molecule has 32 heavy (non-hydrogen) atoms. The Bertz CT molecular complexity index is 1340. The Kier molecular flexibility index (Phi) is 5.87. The molecule has 0 unspecified atom stereocenters. The Hall–Kier alpha value is -3.79. The molecular weight excluding hydrogens is 430 g/mol. The van der Waals surface area contributed by atoms with E-state index in [1.54, 1.807) is 38.1 Å². The number of carbonyl (C=O) groups excluding carboxylic acids is 1. The average Bonchev–Trinajstić information content (AvgIpc) is 3.49. The molecule has 0 aliphatic carbocycles. The fourth-order valence-electron chi connectivity index (χ4n) is 3.12. The third kappa shape index (κ3) is 4.30. The maximum Gasteiger partial charge on any atom is 0.267 e. The summed E-state index contributed by atoms with van der Waals surface area (Å²) >= 11 is 1.50. The van der Waals surface area contributed by atoms with Gasteiger partial charge in [0.1, 0.15) is 16.9 Å². The topological polar surface area (TPSA) is 112 Å². The summed E-state index contributed by atoms with van der Waals surface area (Å²) in [6.07, 6.45) is 1.53. The van der Waals surface area contributed by atoms with Gasteiger partial charge in [0.2, 0.25) is 5.91 Å². The minimum Gasteiger partial charge on any atom is -0.463 e. The van der Waals surface area contributed by atoms with Crippen LogP contribution in [0.3, 0.4) is 0 Å². The highest BCUT2D eigenvalue weighted by Gasteiger charge is 2.32. The van der Waals surface area contributed by atoms with Crippen molar-refractivity contribution in [3.05, 3.63) is 80.9 Å². The van der Waals surface area contributed by atoms with Gasteiger partial charge in [0, 0.05) is 18.7 Å². The number of aromatic nitrogens is 4. The van der Waals surface area contributed by atoms with Gasteiger partial charge in [-0.1, -0.05) is 6.07 Å². The molecule has 9 nitrogen and oxygen atoms in total. The van der Waals surface area contributed by atoms with E-state index in [-0.39, 0.29) is 24.2 Å². The maximum absolute atomic E-state index is 12.9.